The third-order valence-electron chi connectivity index (χ3n) is 4.66. The van der Waals surface area contributed by atoms with Gasteiger partial charge in [0, 0.05) is 26.1 Å². The number of amides is 1. The smallest absolute Gasteiger partial charge is 0.306 e. The summed E-state index contributed by atoms with van der Waals surface area (Å²) in [6.07, 6.45) is 1.14. The van der Waals surface area contributed by atoms with Crippen LogP contribution in [0.15, 0.2) is 30.5 Å². The summed E-state index contributed by atoms with van der Waals surface area (Å²) in [5, 5.41) is 4.78. The second-order valence-corrected chi connectivity index (χ2v) is 7.24. The number of halogens is 1. The number of para-hydroxylation sites is 2. The van der Waals surface area contributed by atoms with E-state index in [1.165, 1.54) is 0 Å². The SMILES string of the molecule is Cn1cc(Cl)c(CN(C[C@@H]2COc3ccccc3O2)C(=O)[C@@H]2CCC(=O)O2)n1. The van der Waals surface area contributed by atoms with E-state index < -0.39 is 6.10 Å². The van der Waals surface area contributed by atoms with Crippen LogP contribution < -0.4 is 9.47 Å². The van der Waals surface area contributed by atoms with Crippen LogP contribution in [0.1, 0.15) is 18.5 Å². The number of ether oxygens (including phenoxy) is 3. The van der Waals surface area contributed by atoms with Gasteiger partial charge in [-0.15, -0.1) is 0 Å². The maximum absolute atomic E-state index is 13.0. The number of nitrogens with zero attached hydrogens (tertiary/aromatic N) is 3. The molecular weight excluding hydrogens is 386 g/mol. The van der Waals surface area contributed by atoms with E-state index in [2.05, 4.69) is 5.10 Å². The molecule has 2 aromatic rings. The van der Waals surface area contributed by atoms with Gasteiger partial charge in [0.05, 0.1) is 18.1 Å². The Morgan fingerprint density at radius 1 is 1.32 bits per heavy atom. The van der Waals surface area contributed by atoms with Crippen LogP contribution in [0.5, 0.6) is 11.5 Å². The van der Waals surface area contributed by atoms with Crippen LogP contribution >= 0.6 is 11.6 Å². The fourth-order valence-electron chi connectivity index (χ4n) is 3.33. The fraction of sp³-hybridized carbons (Fsp3) is 0.421. The van der Waals surface area contributed by atoms with Gasteiger partial charge in [-0.3, -0.25) is 14.3 Å². The number of carbonyl (C=O) groups is 2. The number of esters is 1. The summed E-state index contributed by atoms with van der Waals surface area (Å²) in [6.45, 7) is 0.753. The molecule has 3 heterocycles. The van der Waals surface area contributed by atoms with Gasteiger partial charge in [-0.25, -0.2) is 0 Å². The van der Waals surface area contributed by atoms with Gasteiger partial charge >= 0.3 is 5.97 Å². The lowest BCUT2D eigenvalue weighted by atomic mass is 10.2. The van der Waals surface area contributed by atoms with Crippen molar-refractivity contribution in [3.05, 3.63) is 41.2 Å². The number of aryl methyl sites for hydroxylation is 1. The minimum Gasteiger partial charge on any atom is -0.486 e. The molecule has 0 saturated carbocycles. The van der Waals surface area contributed by atoms with Crippen molar-refractivity contribution in [3.63, 3.8) is 0 Å². The fourth-order valence-corrected chi connectivity index (χ4v) is 3.57. The number of cyclic esters (lactones) is 1. The molecule has 1 amide bonds. The van der Waals surface area contributed by atoms with Gasteiger partial charge in [0.2, 0.25) is 0 Å². The zero-order valence-electron chi connectivity index (χ0n) is 15.3. The molecule has 0 unspecified atom stereocenters. The van der Waals surface area contributed by atoms with Gasteiger partial charge in [-0.2, -0.15) is 5.10 Å². The molecule has 0 spiro atoms. The number of rotatable bonds is 5. The third kappa shape index (κ3) is 3.91. The number of hydrogen-bond donors (Lipinski definition) is 0. The highest BCUT2D eigenvalue weighted by Crippen LogP contribution is 2.31. The topological polar surface area (TPSA) is 82.9 Å². The monoisotopic (exact) mass is 405 g/mol. The Bertz CT molecular complexity index is 899. The number of fused-ring (bicyclic) bond motifs is 1. The summed E-state index contributed by atoms with van der Waals surface area (Å²) < 4.78 is 18.5. The van der Waals surface area contributed by atoms with Crippen molar-refractivity contribution < 1.29 is 23.8 Å². The zero-order chi connectivity index (χ0) is 19.7. The van der Waals surface area contributed by atoms with Gasteiger partial charge in [0.1, 0.15) is 12.3 Å². The predicted octanol–water partition coefficient (Wildman–Crippen LogP) is 1.95. The van der Waals surface area contributed by atoms with Crippen molar-refractivity contribution in [2.45, 2.75) is 31.6 Å². The van der Waals surface area contributed by atoms with Gasteiger partial charge in [-0.05, 0) is 12.1 Å². The second-order valence-electron chi connectivity index (χ2n) is 6.83. The lowest BCUT2D eigenvalue weighted by Crippen LogP contribution is -2.46. The Morgan fingerprint density at radius 2 is 2.11 bits per heavy atom. The molecule has 1 aromatic carbocycles. The van der Waals surface area contributed by atoms with Crippen molar-refractivity contribution in [3.8, 4) is 11.5 Å². The Labute approximate surface area is 166 Å². The molecule has 1 fully saturated rings. The first-order chi connectivity index (χ1) is 13.5. The Kier molecular flexibility index (Phi) is 5.13. The van der Waals surface area contributed by atoms with E-state index in [4.69, 9.17) is 25.8 Å². The Hall–Kier alpha value is -2.74. The Balaban J connectivity index is 1.52. The van der Waals surface area contributed by atoms with Crippen LogP contribution in [-0.2, 0) is 27.9 Å². The first-order valence-electron chi connectivity index (χ1n) is 9.04. The second kappa shape index (κ2) is 7.71. The van der Waals surface area contributed by atoms with Crippen molar-refractivity contribution in [2.24, 2.45) is 7.05 Å². The number of aromatic nitrogens is 2. The third-order valence-corrected chi connectivity index (χ3v) is 4.97. The first-order valence-corrected chi connectivity index (χ1v) is 9.42. The summed E-state index contributed by atoms with van der Waals surface area (Å²) in [4.78, 5) is 26.0. The summed E-state index contributed by atoms with van der Waals surface area (Å²) in [5.74, 6) is 0.666. The number of carbonyl (C=O) groups excluding carboxylic acids is 2. The van der Waals surface area contributed by atoms with Crippen molar-refractivity contribution in [2.75, 3.05) is 13.2 Å². The quantitative estimate of drug-likeness (QED) is 0.707. The highest BCUT2D eigenvalue weighted by Gasteiger charge is 2.35. The number of benzene rings is 1. The molecular formula is C19H20ClN3O5. The van der Waals surface area contributed by atoms with Gasteiger partial charge in [0.25, 0.3) is 5.91 Å². The molecule has 4 rings (SSSR count). The van der Waals surface area contributed by atoms with Crippen LogP contribution in [-0.4, -0.2) is 51.9 Å². The molecule has 2 aliphatic heterocycles. The summed E-state index contributed by atoms with van der Waals surface area (Å²) >= 11 is 6.22. The van der Waals surface area contributed by atoms with Crippen LogP contribution in [0.25, 0.3) is 0 Å². The molecule has 0 N–H and O–H groups in total. The molecule has 2 atom stereocenters. The van der Waals surface area contributed by atoms with Crippen molar-refractivity contribution in [1.29, 1.82) is 0 Å². The van der Waals surface area contributed by atoms with Gasteiger partial charge in [-0.1, -0.05) is 23.7 Å². The van der Waals surface area contributed by atoms with E-state index in [0.717, 1.165) is 0 Å². The minimum absolute atomic E-state index is 0.189. The van der Waals surface area contributed by atoms with E-state index >= 15 is 0 Å². The molecule has 28 heavy (non-hydrogen) atoms. The molecule has 0 radical (unpaired) electrons. The van der Waals surface area contributed by atoms with Gasteiger partial charge in [0.15, 0.2) is 23.7 Å². The average Bonchev–Trinajstić information content (AvgIpc) is 3.25. The summed E-state index contributed by atoms with van der Waals surface area (Å²) in [7, 11) is 1.76. The zero-order valence-corrected chi connectivity index (χ0v) is 16.1. The lowest BCUT2D eigenvalue weighted by molar-refractivity contribution is -0.154. The molecule has 1 saturated heterocycles. The van der Waals surface area contributed by atoms with E-state index in [1.807, 2.05) is 24.3 Å². The van der Waals surface area contributed by atoms with Crippen molar-refractivity contribution in [1.82, 2.24) is 14.7 Å². The normalized spacial score (nSPS) is 20.7. The van der Waals surface area contributed by atoms with Gasteiger partial charge < -0.3 is 19.1 Å². The standard InChI is InChI=1S/C19H20ClN3O5/c1-22-9-13(20)14(21-22)10-23(19(25)17-6-7-18(24)28-17)8-12-11-26-15-4-2-3-5-16(15)27-12/h2-5,9,12,17H,6-8,10-11H2,1H3/t12-,17+/m1/s1. The van der Waals surface area contributed by atoms with Crippen molar-refractivity contribution >= 4 is 23.5 Å². The van der Waals surface area contributed by atoms with Crippen LogP contribution in [0, 0.1) is 0 Å². The average molecular weight is 406 g/mol. The highest BCUT2D eigenvalue weighted by molar-refractivity contribution is 6.31. The molecule has 8 nitrogen and oxygen atoms in total. The molecule has 0 bridgehead atoms. The maximum atomic E-state index is 13.0. The maximum Gasteiger partial charge on any atom is 0.306 e. The molecule has 9 heteroatoms. The highest BCUT2D eigenvalue weighted by atomic mass is 35.5. The number of hydrogen-bond acceptors (Lipinski definition) is 6. The predicted molar refractivity (Wildman–Crippen MR) is 99.1 cm³/mol. The lowest BCUT2D eigenvalue weighted by Gasteiger charge is -2.32. The van der Waals surface area contributed by atoms with Crippen LogP contribution in [0.3, 0.4) is 0 Å². The largest absolute Gasteiger partial charge is 0.486 e. The summed E-state index contributed by atoms with van der Waals surface area (Å²) in [6, 6.07) is 7.39. The molecule has 0 aliphatic carbocycles. The van der Waals surface area contributed by atoms with Crippen LogP contribution in [0.2, 0.25) is 5.02 Å². The van der Waals surface area contributed by atoms with Crippen LogP contribution in [0.4, 0.5) is 0 Å². The van der Waals surface area contributed by atoms with E-state index in [-0.39, 0.29) is 37.5 Å². The molecule has 148 valence electrons. The van der Waals surface area contributed by atoms with E-state index in [0.29, 0.717) is 35.2 Å². The summed E-state index contributed by atoms with van der Waals surface area (Å²) in [5.41, 5.74) is 0.568. The Morgan fingerprint density at radius 3 is 2.79 bits per heavy atom. The van der Waals surface area contributed by atoms with E-state index in [1.54, 1.807) is 22.8 Å². The van der Waals surface area contributed by atoms with E-state index in [9.17, 15) is 9.59 Å². The first kappa shape index (κ1) is 18.6. The minimum atomic E-state index is -0.785. The molecule has 1 aromatic heterocycles. The molecule has 2 aliphatic rings.